The minimum absolute atomic E-state index is 0.0449. The minimum Gasteiger partial charge on any atom is -0.406 e. The van der Waals surface area contributed by atoms with Crippen LogP contribution in [0.2, 0.25) is 0 Å². The Hall–Kier alpha value is -3.31. The highest BCUT2D eigenvalue weighted by molar-refractivity contribution is 5.76. The number of likely N-dealkylation sites (tertiary alicyclic amines) is 2. The van der Waals surface area contributed by atoms with Crippen molar-refractivity contribution in [2.45, 2.75) is 38.5 Å². The van der Waals surface area contributed by atoms with Gasteiger partial charge in [-0.05, 0) is 48.8 Å². The number of nitrogens with one attached hydrogen (secondary N) is 2. The molecule has 1 aromatic carbocycles. The molecule has 3 amide bonds. The van der Waals surface area contributed by atoms with Crippen molar-refractivity contribution in [1.82, 2.24) is 30.5 Å². The topological polar surface area (TPSA) is 103 Å². The lowest BCUT2D eigenvalue weighted by Crippen LogP contribution is -2.40. The van der Waals surface area contributed by atoms with Crippen molar-refractivity contribution >= 4 is 11.9 Å². The molecular weight excluding hydrogens is 465 g/mol. The third-order valence-corrected chi connectivity index (χ3v) is 6.68. The summed E-state index contributed by atoms with van der Waals surface area (Å²) < 4.78 is 40.7. The first-order valence-corrected chi connectivity index (χ1v) is 11.8. The molecule has 2 atom stereocenters. The zero-order valence-electron chi connectivity index (χ0n) is 19.3. The molecule has 4 rings (SSSR count). The highest BCUT2D eigenvalue weighted by atomic mass is 19.4. The zero-order valence-corrected chi connectivity index (χ0v) is 19.3. The molecule has 2 aliphatic rings. The monoisotopic (exact) mass is 494 g/mol. The smallest absolute Gasteiger partial charge is 0.406 e. The number of halogens is 3. The number of aryl methyl sites for hydroxylation is 1. The second-order valence-electron chi connectivity index (χ2n) is 9.04. The maximum Gasteiger partial charge on any atom is 0.573 e. The molecule has 2 aromatic rings. The van der Waals surface area contributed by atoms with Crippen LogP contribution >= 0.6 is 0 Å². The van der Waals surface area contributed by atoms with E-state index in [1.807, 2.05) is 9.80 Å². The Kier molecular flexibility index (Phi) is 7.76. The van der Waals surface area contributed by atoms with Gasteiger partial charge < -0.3 is 19.9 Å². The third kappa shape index (κ3) is 7.09. The van der Waals surface area contributed by atoms with Crippen molar-refractivity contribution in [3.63, 3.8) is 0 Å². The van der Waals surface area contributed by atoms with Crippen LogP contribution in [0.15, 0.2) is 30.5 Å². The van der Waals surface area contributed by atoms with Gasteiger partial charge in [0.1, 0.15) is 5.75 Å². The largest absolute Gasteiger partial charge is 0.573 e. The number of aromatic amines is 1. The number of urea groups is 1. The van der Waals surface area contributed by atoms with Crippen molar-refractivity contribution < 1.29 is 27.5 Å². The Labute approximate surface area is 201 Å². The number of fused-ring (bicyclic) bond motifs is 1. The quantitative estimate of drug-likeness (QED) is 0.616. The van der Waals surface area contributed by atoms with Crippen LogP contribution in [0.3, 0.4) is 0 Å². The number of rotatable bonds is 7. The molecule has 0 bridgehead atoms. The lowest BCUT2D eigenvalue weighted by atomic mass is 9.92. The van der Waals surface area contributed by atoms with Crippen molar-refractivity contribution in [1.29, 1.82) is 0 Å². The Morgan fingerprint density at radius 2 is 1.74 bits per heavy atom. The van der Waals surface area contributed by atoms with Gasteiger partial charge in [-0.25, -0.2) is 4.79 Å². The predicted octanol–water partition coefficient (Wildman–Crippen LogP) is 2.76. The lowest BCUT2D eigenvalue weighted by Gasteiger charge is -2.22. The van der Waals surface area contributed by atoms with Crippen LogP contribution in [0.4, 0.5) is 18.0 Å². The van der Waals surface area contributed by atoms with E-state index < -0.39 is 6.36 Å². The van der Waals surface area contributed by atoms with Gasteiger partial charge in [0, 0.05) is 45.6 Å². The van der Waals surface area contributed by atoms with Crippen molar-refractivity contribution in [3.05, 3.63) is 41.7 Å². The van der Waals surface area contributed by atoms with Crippen molar-refractivity contribution in [3.8, 4) is 5.75 Å². The first-order valence-electron chi connectivity index (χ1n) is 11.8. The van der Waals surface area contributed by atoms with E-state index in [0.29, 0.717) is 63.8 Å². The summed E-state index contributed by atoms with van der Waals surface area (Å²) in [7, 11) is 0. The molecular formula is C23H29F3N6O3. The molecule has 1 aromatic heterocycles. The molecule has 3 heterocycles. The van der Waals surface area contributed by atoms with Gasteiger partial charge in [0.15, 0.2) is 0 Å². The Balaban J connectivity index is 1.18. The van der Waals surface area contributed by atoms with E-state index in [9.17, 15) is 22.8 Å². The summed E-state index contributed by atoms with van der Waals surface area (Å²) in [4.78, 5) is 29.0. The molecule has 9 nitrogen and oxygen atoms in total. The van der Waals surface area contributed by atoms with Crippen LogP contribution in [-0.2, 0) is 17.6 Å². The summed E-state index contributed by atoms with van der Waals surface area (Å²) in [5.41, 5.74) is 1.65. The minimum atomic E-state index is -4.72. The molecule has 2 N–H and O–H groups in total. The van der Waals surface area contributed by atoms with E-state index in [0.717, 1.165) is 24.1 Å². The van der Waals surface area contributed by atoms with Gasteiger partial charge in [-0.3, -0.25) is 9.89 Å². The van der Waals surface area contributed by atoms with Gasteiger partial charge >= 0.3 is 12.4 Å². The normalized spacial score (nSPS) is 20.3. The molecule has 0 unspecified atom stereocenters. The number of nitrogens with zero attached hydrogens (tertiary/aromatic N) is 4. The number of alkyl halides is 3. The first-order chi connectivity index (χ1) is 16.8. The summed E-state index contributed by atoms with van der Waals surface area (Å²) >= 11 is 0. The molecule has 2 fully saturated rings. The van der Waals surface area contributed by atoms with Gasteiger partial charge in [-0.2, -0.15) is 0 Å². The van der Waals surface area contributed by atoms with Crippen molar-refractivity contribution in [2.24, 2.45) is 11.8 Å². The highest BCUT2D eigenvalue weighted by Gasteiger charge is 2.37. The number of amides is 3. The van der Waals surface area contributed by atoms with E-state index in [1.54, 1.807) is 18.3 Å². The molecule has 0 saturated carbocycles. The average Bonchev–Trinajstić information content (AvgIpc) is 3.43. The molecule has 190 valence electrons. The number of aromatic nitrogens is 3. The van der Waals surface area contributed by atoms with E-state index in [4.69, 9.17) is 0 Å². The maximum absolute atomic E-state index is 12.8. The third-order valence-electron chi connectivity index (χ3n) is 6.68. The second kappa shape index (κ2) is 11.0. The van der Waals surface area contributed by atoms with Crippen LogP contribution in [0, 0.1) is 11.8 Å². The second-order valence-corrected chi connectivity index (χ2v) is 9.04. The maximum atomic E-state index is 12.8. The van der Waals surface area contributed by atoms with Gasteiger partial charge in [0.25, 0.3) is 0 Å². The molecule has 2 aliphatic heterocycles. The first kappa shape index (κ1) is 24.8. The van der Waals surface area contributed by atoms with Gasteiger partial charge in [-0.15, -0.1) is 18.3 Å². The van der Waals surface area contributed by atoms with E-state index in [-0.39, 0.29) is 17.7 Å². The van der Waals surface area contributed by atoms with Crippen LogP contribution in [0.25, 0.3) is 0 Å². The number of hydrogen-bond donors (Lipinski definition) is 2. The summed E-state index contributed by atoms with van der Waals surface area (Å²) in [5, 5.41) is 13.1. The molecule has 0 spiro atoms. The molecule has 0 radical (unpaired) electrons. The number of ether oxygens (including phenoxy) is 1. The van der Waals surface area contributed by atoms with Crippen LogP contribution < -0.4 is 10.1 Å². The molecule has 2 saturated heterocycles. The summed E-state index contributed by atoms with van der Waals surface area (Å²) in [5.74, 6) is 0.515. The molecule has 12 heteroatoms. The Bertz CT molecular complexity index is 967. The summed E-state index contributed by atoms with van der Waals surface area (Å²) in [6, 6.07) is 5.55. The Morgan fingerprint density at radius 1 is 1.06 bits per heavy atom. The number of H-pyrrole nitrogens is 1. The summed E-state index contributed by atoms with van der Waals surface area (Å²) in [6.07, 6.45) is 0.0133. The number of hydrogen-bond acceptors (Lipinski definition) is 5. The molecule has 35 heavy (non-hydrogen) atoms. The fraction of sp³-hybridized carbons (Fsp3) is 0.565. The number of benzene rings is 1. The average molecular weight is 495 g/mol. The fourth-order valence-electron chi connectivity index (χ4n) is 4.79. The van der Waals surface area contributed by atoms with Crippen LogP contribution in [0.5, 0.6) is 5.75 Å². The summed E-state index contributed by atoms with van der Waals surface area (Å²) in [6.45, 7) is 3.20. The fourth-order valence-corrected chi connectivity index (χ4v) is 4.79. The van der Waals surface area contributed by atoms with Gasteiger partial charge in [0.05, 0.1) is 11.9 Å². The Morgan fingerprint density at radius 3 is 2.34 bits per heavy atom. The number of carbonyl (C=O) groups is 2. The molecule has 0 aliphatic carbocycles. The lowest BCUT2D eigenvalue weighted by molar-refractivity contribution is -0.274. The highest BCUT2D eigenvalue weighted by Crippen LogP contribution is 2.32. The zero-order chi connectivity index (χ0) is 24.8. The standard InChI is InChI=1S/C23H29F3N6O3/c24-23(25,26)35-20-4-1-16(2-5-20)3-6-21(33)31-11-8-17-14-32(15-18(17)9-12-31)22(34)27-10-7-19-13-28-30-29-19/h1-2,4-5,13,17-18H,3,6-12,14-15H2,(H,27,34)(H,28,29,30)/t17-,18+. The van der Waals surface area contributed by atoms with Crippen LogP contribution in [-0.4, -0.2) is 76.2 Å². The van der Waals surface area contributed by atoms with E-state index in [1.165, 1.54) is 12.1 Å². The van der Waals surface area contributed by atoms with Crippen molar-refractivity contribution in [2.75, 3.05) is 32.7 Å². The van der Waals surface area contributed by atoms with Gasteiger partial charge in [0.2, 0.25) is 5.91 Å². The predicted molar refractivity (Wildman–Crippen MR) is 119 cm³/mol. The SMILES string of the molecule is O=C(CCc1ccc(OC(F)(F)F)cc1)N1CC[C@@H]2CN(C(=O)NCCc3cnn[nH]3)C[C@@H]2CC1. The van der Waals surface area contributed by atoms with E-state index in [2.05, 4.69) is 25.5 Å². The number of carbonyl (C=O) groups excluding carboxylic acids is 2. The van der Waals surface area contributed by atoms with E-state index >= 15 is 0 Å². The van der Waals surface area contributed by atoms with Crippen LogP contribution in [0.1, 0.15) is 30.5 Å². The van der Waals surface area contributed by atoms with Gasteiger partial charge in [-0.1, -0.05) is 17.3 Å².